The highest BCUT2D eigenvalue weighted by Crippen LogP contribution is 2.13. The van der Waals surface area contributed by atoms with Gasteiger partial charge in [0.1, 0.15) is 0 Å². The summed E-state index contributed by atoms with van der Waals surface area (Å²) >= 11 is 0. The second-order valence-electron chi connectivity index (χ2n) is 3.23. The molecule has 0 aromatic rings. The topological polar surface area (TPSA) is 67.4 Å². The molecule has 92 valence electrons. The summed E-state index contributed by atoms with van der Waals surface area (Å²) in [6.07, 6.45) is -4.57. The molecule has 0 rings (SSSR count). The van der Waals surface area contributed by atoms with Crippen molar-refractivity contribution in [1.29, 1.82) is 0 Å². The van der Waals surface area contributed by atoms with Gasteiger partial charge in [-0.05, 0) is 5.92 Å². The zero-order valence-electron chi connectivity index (χ0n) is 8.26. The first-order chi connectivity index (χ1) is 6.62. The second kappa shape index (κ2) is 5.64. The zero-order chi connectivity index (χ0) is 12.1. The van der Waals surface area contributed by atoms with Gasteiger partial charge in [-0.15, -0.1) is 0 Å². The molecule has 0 fully saturated rings. The summed E-state index contributed by atoms with van der Waals surface area (Å²) in [7, 11) is -4.02. The van der Waals surface area contributed by atoms with Crippen LogP contribution in [0.25, 0.3) is 0 Å². The Balaban J connectivity index is 3.85. The van der Waals surface area contributed by atoms with Crippen LogP contribution < -0.4 is 9.61 Å². The monoisotopic (exact) mass is 250 g/mol. The van der Waals surface area contributed by atoms with Crippen LogP contribution >= 0.6 is 0 Å². The van der Waals surface area contributed by atoms with Gasteiger partial charge in [0.25, 0.3) is 10.2 Å². The van der Waals surface area contributed by atoms with E-state index in [1.807, 2.05) is 4.72 Å². The first-order valence-corrected chi connectivity index (χ1v) is 5.55. The molecular weight excluding hydrogens is 237 g/mol. The van der Waals surface area contributed by atoms with Gasteiger partial charge < -0.3 is 0 Å². The first kappa shape index (κ1) is 14.6. The minimum Gasteiger partial charge on any atom is -0.276 e. The average molecular weight is 250 g/mol. The van der Waals surface area contributed by atoms with Crippen LogP contribution in [0.2, 0.25) is 0 Å². The molecule has 0 radical (unpaired) electrons. The van der Waals surface area contributed by atoms with Crippen LogP contribution in [0.1, 0.15) is 13.8 Å². The van der Waals surface area contributed by atoms with E-state index in [-0.39, 0.29) is 12.5 Å². The molecule has 0 spiro atoms. The molecule has 0 bridgehead atoms. The molecule has 0 atom stereocenters. The molecule has 0 heterocycles. The van der Waals surface area contributed by atoms with Gasteiger partial charge >= 0.3 is 6.18 Å². The maximum Gasteiger partial charge on any atom is 0.413 e. The summed E-state index contributed by atoms with van der Waals surface area (Å²) in [6, 6.07) is 0. The third-order valence-corrected chi connectivity index (χ3v) is 1.97. The number of halogens is 3. The molecule has 5 nitrogen and oxygen atoms in total. The van der Waals surface area contributed by atoms with E-state index in [9.17, 15) is 21.6 Å². The van der Waals surface area contributed by atoms with E-state index in [4.69, 9.17) is 0 Å². The Hall–Kier alpha value is -0.380. The van der Waals surface area contributed by atoms with E-state index < -0.39 is 23.0 Å². The predicted molar refractivity (Wildman–Crippen MR) is 46.9 cm³/mol. The lowest BCUT2D eigenvalue weighted by Crippen LogP contribution is -2.39. The Labute approximate surface area is 86.1 Å². The number of alkyl halides is 3. The molecule has 0 saturated heterocycles. The van der Waals surface area contributed by atoms with Crippen molar-refractivity contribution in [2.45, 2.75) is 20.0 Å². The SMILES string of the molecule is CC(C)CNS(=O)(=O)NOCC(F)(F)F. The second-order valence-corrected chi connectivity index (χ2v) is 4.70. The molecule has 0 aromatic carbocycles. The largest absolute Gasteiger partial charge is 0.413 e. The molecule has 15 heavy (non-hydrogen) atoms. The van der Waals surface area contributed by atoms with Gasteiger partial charge in [-0.25, -0.2) is 4.72 Å². The van der Waals surface area contributed by atoms with Crippen LogP contribution in [-0.4, -0.2) is 27.7 Å². The van der Waals surface area contributed by atoms with E-state index >= 15 is 0 Å². The molecule has 9 heteroatoms. The van der Waals surface area contributed by atoms with E-state index in [0.717, 1.165) is 0 Å². The lowest BCUT2D eigenvalue weighted by Gasteiger charge is -2.10. The predicted octanol–water partition coefficient (Wildman–Crippen LogP) is 0.560. The van der Waals surface area contributed by atoms with Gasteiger partial charge in [0.15, 0.2) is 6.61 Å². The average Bonchev–Trinajstić information content (AvgIpc) is 1.98. The Morgan fingerprint density at radius 1 is 1.33 bits per heavy atom. The quantitative estimate of drug-likeness (QED) is 0.677. The minimum absolute atomic E-state index is 0.0455. The number of hydrogen-bond acceptors (Lipinski definition) is 3. The third-order valence-electron chi connectivity index (χ3n) is 1.09. The van der Waals surface area contributed by atoms with E-state index in [1.165, 1.54) is 4.89 Å². The van der Waals surface area contributed by atoms with E-state index in [1.54, 1.807) is 13.8 Å². The van der Waals surface area contributed by atoms with Crippen molar-refractivity contribution in [2.24, 2.45) is 5.92 Å². The molecule has 0 saturated carbocycles. The van der Waals surface area contributed by atoms with Crippen molar-refractivity contribution in [1.82, 2.24) is 9.61 Å². The van der Waals surface area contributed by atoms with Gasteiger partial charge in [-0.2, -0.15) is 21.6 Å². The van der Waals surface area contributed by atoms with Gasteiger partial charge in [0, 0.05) is 6.54 Å². The molecule has 2 N–H and O–H groups in total. The van der Waals surface area contributed by atoms with Gasteiger partial charge in [-0.3, -0.25) is 4.84 Å². The summed E-state index contributed by atoms with van der Waals surface area (Å²) < 4.78 is 58.5. The van der Waals surface area contributed by atoms with Crippen LogP contribution in [0, 0.1) is 5.92 Å². The minimum atomic E-state index is -4.57. The van der Waals surface area contributed by atoms with Crippen LogP contribution in [0.15, 0.2) is 0 Å². The summed E-state index contributed by atoms with van der Waals surface area (Å²) in [5.74, 6) is 0.0455. The van der Waals surface area contributed by atoms with Crippen molar-refractivity contribution in [3.8, 4) is 0 Å². The van der Waals surface area contributed by atoms with Crippen LogP contribution in [0.5, 0.6) is 0 Å². The number of rotatable bonds is 6. The fraction of sp³-hybridized carbons (Fsp3) is 1.00. The van der Waals surface area contributed by atoms with Crippen molar-refractivity contribution in [3.63, 3.8) is 0 Å². The van der Waals surface area contributed by atoms with Crippen LogP contribution in [0.3, 0.4) is 0 Å². The van der Waals surface area contributed by atoms with Crippen molar-refractivity contribution in [3.05, 3.63) is 0 Å². The maximum absolute atomic E-state index is 11.6. The molecule has 0 aliphatic heterocycles. The number of nitrogens with one attached hydrogen (secondary N) is 2. The Morgan fingerprint density at radius 3 is 2.27 bits per heavy atom. The lowest BCUT2D eigenvalue weighted by molar-refractivity contribution is -0.181. The Morgan fingerprint density at radius 2 is 1.87 bits per heavy atom. The summed E-state index contributed by atoms with van der Waals surface area (Å²) in [5, 5.41) is 0. The summed E-state index contributed by atoms with van der Waals surface area (Å²) in [5.41, 5.74) is 0. The molecule has 0 amide bonds. The molecule has 0 aliphatic rings. The van der Waals surface area contributed by atoms with Gasteiger partial charge in [0.05, 0.1) is 0 Å². The highest BCUT2D eigenvalue weighted by atomic mass is 32.2. The smallest absolute Gasteiger partial charge is 0.276 e. The Kier molecular flexibility index (Phi) is 5.49. The first-order valence-electron chi connectivity index (χ1n) is 4.07. The summed E-state index contributed by atoms with van der Waals surface area (Å²) in [4.78, 5) is 5.08. The molecular formula is C6H13F3N2O3S. The Bertz CT molecular complexity index is 276. The normalized spacial score (nSPS) is 13.5. The lowest BCUT2D eigenvalue weighted by atomic mass is 10.2. The van der Waals surface area contributed by atoms with E-state index in [0.29, 0.717) is 0 Å². The number of hydrogen-bond donors (Lipinski definition) is 2. The summed E-state index contributed by atoms with van der Waals surface area (Å²) in [6.45, 7) is 1.94. The third kappa shape index (κ3) is 9.91. The van der Waals surface area contributed by atoms with Gasteiger partial charge in [-0.1, -0.05) is 18.7 Å². The molecule has 0 unspecified atom stereocenters. The zero-order valence-corrected chi connectivity index (χ0v) is 9.07. The molecule has 0 aliphatic carbocycles. The van der Waals surface area contributed by atoms with Crippen molar-refractivity contribution < 1.29 is 26.4 Å². The fourth-order valence-corrected chi connectivity index (χ4v) is 1.32. The van der Waals surface area contributed by atoms with Crippen LogP contribution in [-0.2, 0) is 15.0 Å². The highest BCUT2D eigenvalue weighted by molar-refractivity contribution is 7.87. The maximum atomic E-state index is 11.6. The standard InChI is InChI=1S/C6H13F3N2O3S/c1-5(2)3-10-15(12,13)11-14-4-6(7,8)9/h5,10-11H,3-4H2,1-2H3. The van der Waals surface area contributed by atoms with Crippen molar-refractivity contribution in [2.75, 3.05) is 13.2 Å². The fourth-order valence-electron chi connectivity index (χ4n) is 0.495. The van der Waals surface area contributed by atoms with Crippen molar-refractivity contribution >= 4 is 10.2 Å². The van der Waals surface area contributed by atoms with Crippen LogP contribution in [0.4, 0.5) is 13.2 Å². The van der Waals surface area contributed by atoms with Gasteiger partial charge in [0.2, 0.25) is 0 Å². The molecule has 0 aromatic heterocycles. The highest BCUT2D eigenvalue weighted by Gasteiger charge is 2.28. The van der Waals surface area contributed by atoms with E-state index in [2.05, 4.69) is 4.84 Å².